The molecule has 3 aromatic rings. The lowest BCUT2D eigenvalue weighted by molar-refractivity contribution is -0.143. The van der Waals surface area contributed by atoms with Gasteiger partial charge in [0.15, 0.2) is 0 Å². The van der Waals surface area contributed by atoms with Crippen molar-refractivity contribution in [2.24, 2.45) is 5.73 Å². The van der Waals surface area contributed by atoms with Crippen molar-refractivity contribution in [3.63, 3.8) is 0 Å². The molecule has 1 aliphatic heterocycles. The molecule has 16 heteroatoms. The van der Waals surface area contributed by atoms with Crippen LogP contribution in [0.25, 0.3) is 17.0 Å². The number of benzene rings is 2. The van der Waals surface area contributed by atoms with E-state index in [9.17, 15) is 35.9 Å². The number of nitrogens with zero attached hydrogens (tertiary/aromatic N) is 3. The minimum Gasteiger partial charge on any atom is -0.368 e. The van der Waals surface area contributed by atoms with Crippen molar-refractivity contribution in [2.45, 2.75) is 18.9 Å². The Hall–Kier alpha value is -4.05. The van der Waals surface area contributed by atoms with Gasteiger partial charge in [-0.25, -0.2) is 5.48 Å². The van der Waals surface area contributed by atoms with Crippen LogP contribution in [0.4, 0.5) is 31.1 Å². The number of nitrogens with two attached hydrogens (primary N) is 1. The number of aromatic nitrogens is 2. The number of amides is 2. The Morgan fingerprint density at radius 1 is 1.10 bits per heavy atom. The van der Waals surface area contributed by atoms with E-state index in [4.69, 9.17) is 16.0 Å². The zero-order chi connectivity index (χ0) is 28.5. The van der Waals surface area contributed by atoms with Crippen molar-refractivity contribution < 1.29 is 40.8 Å². The lowest BCUT2D eigenvalue weighted by Gasteiger charge is -2.16. The molecule has 0 saturated carbocycles. The second-order valence-corrected chi connectivity index (χ2v) is 9.18. The van der Waals surface area contributed by atoms with Gasteiger partial charge in [-0.3, -0.25) is 29.4 Å². The Morgan fingerprint density at radius 2 is 1.85 bits per heavy atom. The third-order valence-electron chi connectivity index (χ3n) is 5.50. The van der Waals surface area contributed by atoms with E-state index in [2.05, 4.69) is 10.6 Å². The van der Waals surface area contributed by atoms with E-state index in [1.165, 1.54) is 23.0 Å². The molecule has 0 radical (unpaired) electrons. The molecule has 206 valence electrons. The van der Waals surface area contributed by atoms with E-state index in [-0.39, 0.29) is 29.7 Å². The molecule has 4 rings (SSSR count). The highest BCUT2D eigenvalue weighted by atomic mass is 32.2. The number of carbonyl (C=O) groups is 2. The van der Waals surface area contributed by atoms with Crippen LogP contribution in [0.2, 0.25) is 0 Å². The van der Waals surface area contributed by atoms with E-state index < -0.39 is 47.1 Å². The molecule has 1 fully saturated rings. The molecule has 1 aliphatic rings. The van der Waals surface area contributed by atoms with Crippen molar-refractivity contribution in [1.29, 1.82) is 5.41 Å². The highest BCUT2D eigenvalue weighted by Crippen LogP contribution is 2.38. The van der Waals surface area contributed by atoms with Crippen molar-refractivity contribution in [1.82, 2.24) is 20.2 Å². The zero-order valence-corrected chi connectivity index (χ0v) is 20.4. The molecule has 0 bridgehead atoms. The molecule has 0 aliphatic carbocycles. The number of fused-ring (bicyclic) bond motifs is 1. The Balaban J connectivity index is 1.54. The summed E-state index contributed by atoms with van der Waals surface area (Å²) in [5.41, 5.74) is 4.87. The molecule has 2 aromatic carbocycles. The number of nitrogens with one attached hydrogen (secondary N) is 2. The fraction of sp³-hybridized carbons (Fsp3) is 0.217. The van der Waals surface area contributed by atoms with Crippen molar-refractivity contribution in [3.8, 4) is 0 Å². The molecule has 9 nitrogen and oxygen atoms in total. The van der Waals surface area contributed by atoms with E-state index in [0.29, 0.717) is 34.3 Å². The number of hydrogen-bond donors (Lipinski definition) is 3. The first-order chi connectivity index (χ1) is 18.2. The summed E-state index contributed by atoms with van der Waals surface area (Å²) in [5.74, 6) is -1.00. The summed E-state index contributed by atoms with van der Waals surface area (Å²) in [6.45, 7) is -0.627. The van der Waals surface area contributed by atoms with Crippen molar-refractivity contribution >= 4 is 45.8 Å². The normalized spacial score (nSPS) is 15.5. The number of rotatable bonds is 7. The van der Waals surface area contributed by atoms with Gasteiger partial charge in [0, 0.05) is 5.39 Å². The van der Waals surface area contributed by atoms with Crippen molar-refractivity contribution in [2.75, 3.05) is 13.2 Å². The lowest BCUT2D eigenvalue weighted by Crippen LogP contribution is -2.36. The van der Waals surface area contributed by atoms with Gasteiger partial charge >= 0.3 is 12.4 Å². The SMILES string of the molecule is N=C(N)NOCCN1C(=O)S/C(=C\c2ccc3c(cnn3Cc3ccc(C(F)(F)F)cc3C(F)(F)F)c2)C1=O. The monoisotopic (exact) mass is 572 g/mol. The van der Waals surface area contributed by atoms with Gasteiger partial charge in [0.05, 0.1) is 47.4 Å². The molecule has 2 amide bonds. The predicted molar refractivity (Wildman–Crippen MR) is 129 cm³/mol. The van der Waals surface area contributed by atoms with E-state index >= 15 is 0 Å². The maximum atomic E-state index is 13.5. The average molecular weight is 572 g/mol. The minimum absolute atomic E-state index is 0.0815. The molecule has 0 spiro atoms. The maximum absolute atomic E-state index is 13.5. The summed E-state index contributed by atoms with van der Waals surface area (Å²) in [6.07, 6.45) is -7.10. The fourth-order valence-electron chi connectivity index (χ4n) is 3.75. The Bertz CT molecular complexity index is 1480. The third-order valence-corrected chi connectivity index (χ3v) is 6.41. The van der Waals surface area contributed by atoms with E-state index in [1.54, 1.807) is 12.1 Å². The van der Waals surface area contributed by atoms with Gasteiger partial charge in [0.1, 0.15) is 0 Å². The quantitative estimate of drug-likeness (QED) is 0.0946. The zero-order valence-electron chi connectivity index (χ0n) is 19.6. The minimum atomic E-state index is -5.01. The second-order valence-electron chi connectivity index (χ2n) is 8.19. The van der Waals surface area contributed by atoms with Crippen molar-refractivity contribution in [3.05, 3.63) is 69.8 Å². The van der Waals surface area contributed by atoms with Crippen LogP contribution in [0.1, 0.15) is 22.3 Å². The topological polar surface area (TPSA) is 126 Å². The highest BCUT2D eigenvalue weighted by Gasteiger charge is 2.38. The molecule has 39 heavy (non-hydrogen) atoms. The molecule has 0 unspecified atom stereocenters. The number of thioether (sulfide) groups is 1. The first-order valence-corrected chi connectivity index (χ1v) is 11.8. The van der Waals surface area contributed by atoms with Crippen LogP contribution in [-0.4, -0.2) is 44.9 Å². The summed E-state index contributed by atoms with van der Waals surface area (Å²) in [7, 11) is 0. The number of hydroxylamine groups is 1. The predicted octanol–water partition coefficient (Wildman–Crippen LogP) is 4.57. The third kappa shape index (κ3) is 6.34. The number of carbonyl (C=O) groups excluding carboxylic acids is 2. The summed E-state index contributed by atoms with van der Waals surface area (Å²) < 4.78 is 80.7. The molecule has 1 aromatic heterocycles. The van der Waals surface area contributed by atoms with Crippen LogP contribution in [-0.2, 0) is 28.5 Å². The first kappa shape index (κ1) is 28.0. The average Bonchev–Trinajstić information content (AvgIpc) is 3.35. The highest BCUT2D eigenvalue weighted by molar-refractivity contribution is 8.18. The van der Waals surface area contributed by atoms with Crippen LogP contribution in [0.5, 0.6) is 0 Å². The summed E-state index contributed by atoms with van der Waals surface area (Å²) in [4.78, 5) is 30.8. The molecular weight excluding hydrogens is 554 g/mol. The molecule has 2 heterocycles. The Kier molecular flexibility index (Phi) is 7.61. The molecule has 4 N–H and O–H groups in total. The second kappa shape index (κ2) is 10.6. The number of imide groups is 1. The van der Waals surface area contributed by atoms with E-state index in [0.717, 1.165) is 11.0 Å². The van der Waals surface area contributed by atoms with Gasteiger partial charge in [-0.15, -0.1) is 0 Å². The standard InChI is InChI=1S/C23H18F6N6O3S/c24-22(25,26)15-3-2-13(16(9-15)23(27,28)29)11-35-17-4-1-12(7-14(17)10-32-35)8-18-19(36)34(21(37)39-18)5-6-38-33-20(30)31/h1-4,7-10H,5-6,11H2,(H4,30,31,33)/b18-8-. The summed E-state index contributed by atoms with van der Waals surface area (Å²) in [5, 5.41) is 11.0. The van der Waals surface area contributed by atoms with Gasteiger partial charge in [-0.2, -0.15) is 31.4 Å². The first-order valence-electron chi connectivity index (χ1n) is 10.9. The van der Waals surface area contributed by atoms with Gasteiger partial charge in [0.2, 0.25) is 5.96 Å². The number of alkyl halides is 6. The maximum Gasteiger partial charge on any atom is 0.416 e. The molecule has 0 atom stereocenters. The summed E-state index contributed by atoms with van der Waals surface area (Å²) in [6, 6.07) is 6.16. The van der Waals surface area contributed by atoms with Crippen LogP contribution in [0.15, 0.2) is 47.5 Å². The Labute approximate surface area is 220 Å². The van der Waals surface area contributed by atoms with Crippen LogP contribution >= 0.6 is 11.8 Å². The van der Waals surface area contributed by atoms with Gasteiger partial charge in [-0.1, -0.05) is 12.1 Å². The largest absolute Gasteiger partial charge is 0.416 e. The summed E-state index contributed by atoms with van der Waals surface area (Å²) >= 11 is 0.708. The van der Waals surface area contributed by atoms with Crippen LogP contribution in [0.3, 0.4) is 0 Å². The number of guanidine groups is 1. The Morgan fingerprint density at radius 3 is 2.51 bits per heavy atom. The smallest absolute Gasteiger partial charge is 0.368 e. The van der Waals surface area contributed by atoms with Gasteiger partial charge < -0.3 is 5.73 Å². The van der Waals surface area contributed by atoms with Gasteiger partial charge in [0.25, 0.3) is 11.1 Å². The number of hydrogen-bond acceptors (Lipinski definition) is 6. The van der Waals surface area contributed by atoms with Gasteiger partial charge in [-0.05, 0) is 53.2 Å². The molecular formula is C23H18F6N6O3S. The van der Waals surface area contributed by atoms with E-state index in [1.807, 2.05) is 0 Å². The molecule has 1 saturated heterocycles. The van der Waals surface area contributed by atoms with Crippen LogP contribution < -0.4 is 11.2 Å². The number of halogens is 6. The van der Waals surface area contributed by atoms with Crippen LogP contribution in [0, 0.1) is 5.41 Å². The fourth-order valence-corrected chi connectivity index (χ4v) is 4.61. The lowest BCUT2D eigenvalue weighted by atomic mass is 10.0.